The van der Waals surface area contributed by atoms with Crippen LogP contribution in [0.15, 0.2) is 60.7 Å². The summed E-state index contributed by atoms with van der Waals surface area (Å²) in [5.74, 6) is 6.11. The van der Waals surface area contributed by atoms with Crippen LogP contribution in [-0.2, 0) is 4.74 Å². The second-order valence-corrected chi connectivity index (χ2v) is 4.86. The van der Waals surface area contributed by atoms with E-state index >= 15 is 0 Å². The molecule has 0 amide bonds. The van der Waals surface area contributed by atoms with E-state index in [-0.39, 0.29) is 0 Å². The van der Waals surface area contributed by atoms with Gasteiger partial charge < -0.3 is 4.74 Å². The van der Waals surface area contributed by atoms with Crippen LogP contribution in [0, 0.1) is 11.8 Å². The second-order valence-electron chi connectivity index (χ2n) is 4.86. The minimum absolute atomic E-state index is 0.451. The lowest BCUT2D eigenvalue weighted by molar-refractivity contribution is 0.0471. The van der Waals surface area contributed by atoms with Crippen molar-refractivity contribution in [2.75, 3.05) is 6.61 Å². The molecule has 23 heavy (non-hydrogen) atoms. The first kappa shape index (κ1) is 15.0. The largest absolute Gasteiger partial charge is 0.346 e. The Morgan fingerprint density at radius 1 is 1.13 bits per heavy atom. The summed E-state index contributed by atoms with van der Waals surface area (Å²) < 4.78 is 7.41. The molecule has 0 aliphatic rings. The minimum Gasteiger partial charge on any atom is -0.346 e. The molecule has 4 heteroatoms. The Morgan fingerprint density at radius 2 is 1.91 bits per heavy atom. The molecular weight excluding hydrogens is 286 g/mol. The van der Waals surface area contributed by atoms with Crippen molar-refractivity contribution >= 4 is 17.1 Å². The quantitative estimate of drug-likeness (QED) is 0.690. The molecule has 3 rings (SSSR count). The number of hydrogen-bond acceptors (Lipinski definition) is 3. The normalized spacial score (nSPS) is 12.2. The Hall–Kier alpha value is -2.90. The third kappa shape index (κ3) is 3.65. The summed E-state index contributed by atoms with van der Waals surface area (Å²) in [4.78, 5) is 0. The summed E-state index contributed by atoms with van der Waals surface area (Å²) in [6.07, 6.45) is 3.34. The van der Waals surface area contributed by atoms with Crippen molar-refractivity contribution in [1.82, 2.24) is 15.0 Å². The topological polar surface area (TPSA) is 39.9 Å². The number of para-hydroxylation sites is 1. The van der Waals surface area contributed by atoms with E-state index in [0.717, 1.165) is 16.6 Å². The summed E-state index contributed by atoms with van der Waals surface area (Å²) in [6, 6.07) is 17.8. The van der Waals surface area contributed by atoms with E-state index in [0.29, 0.717) is 6.61 Å². The van der Waals surface area contributed by atoms with Crippen LogP contribution in [0.2, 0.25) is 0 Å². The highest BCUT2D eigenvalue weighted by Crippen LogP contribution is 2.16. The third-order valence-electron chi connectivity index (χ3n) is 3.29. The first-order valence-electron chi connectivity index (χ1n) is 7.52. The molecule has 0 spiro atoms. The van der Waals surface area contributed by atoms with E-state index < -0.39 is 6.23 Å². The van der Waals surface area contributed by atoms with Crippen LogP contribution in [0.5, 0.6) is 0 Å². The van der Waals surface area contributed by atoms with E-state index in [1.165, 1.54) is 0 Å². The van der Waals surface area contributed by atoms with E-state index in [2.05, 4.69) is 22.2 Å². The van der Waals surface area contributed by atoms with Gasteiger partial charge in [0.05, 0.1) is 5.52 Å². The molecule has 1 aromatic heterocycles. The zero-order valence-corrected chi connectivity index (χ0v) is 12.9. The van der Waals surface area contributed by atoms with E-state index in [4.69, 9.17) is 4.74 Å². The van der Waals surface area contributed by atoms with Crippen molar-refractivity contribution in [2.24, 2.45) is 0 Å². The first-order chi connectivity index (χ1) is 11.4. The summed E-state index contributed by atoms with van der Waals surface area (Å²) in [5, 5.41) is 8.31. The number of benzene rings is 2. The Bertz CT molecular complexity index is 856. The van der Waals surface area contributed by atoms with Crippen LogP contribution in [0.4, 0.5) is 0 Å². The van der Waals surface area contributed by atoms with Crippen LogP contribution in [0.1, 0.15) is 18.7 Å². The maximum atomic E-state index is 5.70. The predicted octanol–water partition coefficient (Wildman–Crippen LogP) is 3.68. The Kier molecular flexibility index (Phi) is 4.82. The SMILES string of the molecule is CCOC(C#C/C=C/c1ccccc1)n1nnc2ccccc21. The van der Waals surface area contributed by atoms with Crippen molar-refractivity contribution in [3.63, 3.8) is 0 Å². The summed E-state index contributed by atoms with van der Waals surface area (Å²) in [7, 11) is 0. The molecule has 0 saturated heterocycles. The predicted molar refractivity (Wildman–Crippen MR) is 91.4 cm³/mol. The van der Waals surface area contributed by atoms with Gasteiger partial charge in [-0.15, -0.1) is 5.10 Å². The average Bonchev–Trinajstić information content (AvgIpc) is 3.03. The van der Waals surface area contributed by atoms with Gasteiger partial charge in [-0.2, -0.15) is 0 Å². The first-order valence-corrected chi connectivity index (χ1v) is 7.52. The fourth-order valence-electron chi connectivity index (χ4n) is 2.21. The number of hydrogen-bond donors (Lipinski definition) is 0. The molecule has 4 nitrogen and oxygen atoms in total. The molecule has 2 aromatic carbocycles. The van der Waals surface area contributed by atoms with Gasteiger partial charge in [-0.3, -0.25) is 0 Å². The molecule has 1 atom stereocenters. The molecule has 3 aromatic rings. The van der Waals surface area contributed by atoms with E-state index in [9.17, 15) is 0 Å². The summed E-state index contributed by atoms with van der Waals surface area (Å²) >= 11 is 0. The van der Waals surface area contributed by atoms with E-state index in [1.54, 1.807) is 4.68 Å². The molecule has 0 N–H and O–H groups in total. The fourth-order valence-corrected chi connectivity index (χ4v) is 2.21. The highest BCUT2D eigenvalue weighted by Gasteiger charge is 2.12. The van der Waals surface area contributed by atoms with Gasteiger partial charge in [0.15, 0.2) is 0 Å². The van der Waals surface area contributed by atoms with Crippen LogP contribution >= 0.6 is 0 Å². The number of allylic oxidation sites excluding steroid dienone is 1. The maximum Gasteiger partial charge on any atom is 0.215 e. The van der Waals surface area contributed by atoms with Crippen molar-refractivity contribution in [3.05, 3.63) is 66.2 Å². The van der Waals surface area contributed by atoms with Gasteiger partial charge in [0.2, 0.25) is 6.23 Å². The molecule has 1 unspecified atom stereocenters. The highest BCUT2D eigenvalue weighted by atomic mass is 16.5. The molecule has 1 heterocycles. The van der Waals surface area contributed by atoms with Gasteiger partial charge in [0, 0.05) is 6.61 Å². The van der Waals surface area contributed by atoms with Crippen molar-refractivity contribution in [2.45, 2.75) is 13.2 Å². The molecule has 0 bridgehead atoms. The van der Waals surface area contributed by atoms with Crippen molar-refractivity contribution in [3.8, 4) is 11.8 Å². The van der Waals surface area contributed by atoms with Crippen LogP contribution < -0.4 is 0 Å². The number of aromatic nitrogens is 3. The third-order valence-corrected chi connectivity index (χ3v) is 3.29. The fraction of sp³-hybridized carbons (Fsp3) is 0.158. The number of rotatable bonds is 4. The van der Waals surface area contributed by atoms with Gasteiger partial charge in [0.25, 0.3) is 0 Å². The monoisotopic (exact) mass is 303 g/mol. The smallest absolute Gasteiger partial charge is 0.215 e. The standard InChI is InChI=1S/C19H17N3O/c1-2-23-19(15-9-6-12-16-10-4-3-5-11-16)22-18-14-8-7-13-17(18)20-21-22/h3-8,10-14,19H,2H2,1H3/b12-6+. The molecule has 0 fully saturated rings. The molecule has 114 valence electrons. The lowest BCUT2D eigenvalue weighted by Gasteiger charge is -2.11. The zero-order valence-electron chi connectivity index (χ0n) is 12.9. The molecular formula is C19H17N3O. The Morgan fingerprint density at radius 3 is 2.74 bits per heavy atom. The minimum atomic E-state index is -0.451. The Labute approximate surface area is 135 Å². The van der Waals surface area contributed by atoms with Gasteiger partial charge in [-0.25, -0.2) is 4.68 Å². The van der Waals surface area contributed by atoms with Gasteiger partial charge in [-0.1, -0.05) is 53.6 Å². The van der Waals surface area contributed by atoms with Crippen LogP contribution in [0.25, 0.3) is 17.1 Å². The number of ether oxygens (including phenoxy) is 1. The summed E-state index contributed by atoms with van der Waals surface area (Å²) in [5.41, 5.74) is 2.85. The highest BCUT2D eigenvalue weighted by molar-refractivity contribution is 5.74. The van der Waals surface area contributed by atoms with Gasteiger partial charge in [-0.05, 0) is 42.7 Å². The summed E-state index contributed by atoms with van der Waals surface area (Å²) in [6.45, 7) is 2.49. The van der Waals surface area contributed by atoms with Crippen LogP contribution in [0.3, 0.4) is 0 Å². The zero-order chi connectivity index (χ0) is 15.9. The van der Waals surface area contributed by atoms with Crippen molar-refractivity contribution < 1.29 is 4.74 Å². The molecule has 0 saturated carbocycles. The average molecular weight is 303 g/mol. The van der Waals surface area contributed by atoms with Crippen LogP contribution in [-0.4, -0.2) is 21.6 Å². The molecule has 0 aliphatic heterocycles. The van der Waals surface area contributed by atoms with Gasteiger partial charge in [0.1, 0.15) is 5.52 Å². The lowest BCUT2D eigenvalue weighted by Crippen LogP contribution is -2.12. The number of nitrogens with zero attached hydrogens (tertiary/aromatic N) is 3. The number of fused-ring (bicyclic) bond motifs is 1. The molecule has 0 radical (unpaired) electrons. The molecule has 0 aliphatic carbocycles. The maximum absolute atomic E-state index is 5.70. The van der Waals surface area contributed by atoms with E-state index in [1.807, 2.05) is 73.7 Å². The Balaban J connectivity index is 1.83. The van der Waals surface area contributed by atoms with Crippen molar-refractivity contribution in [1.29, 1.82) is 0 Å². The van der Waals surface area contributed by atoms with Gasteiger partial charge >= 0.3 is 0 Å². The lowest BCUT2D eigenvalue weighted by atomic mass is 10.2. The second kappa shape index (κ2) is 7.39.